The molecule has 0 spiro atoms. The van der Waals surface area contributed by atoms with Gasteiger partial charge in [0, 0.05) is 74.6 Å². The van der Waals surface area contributed by atoms with Gasteiger partial charge >= 0.3 is 0 Å². The van der Waals surface area contributed by atoms with Crippen molar-refractivity contribution in [2.75, 3.05) is 48.3 Å². The summed E-state index contributed by atoms with van der Waals surface area (Å²) in [6.07, 6.45) is 7.86. The number of carbonyl (C=O) groups is 1. The van der Waals surface area contributed by atoms with Gasteiger partial charge in [-0.3, -0.25) is 4.79 Å². The van der Waals surface area contributed by atoms with Crippen LogP contribution in [0.25, 0.3) is 0 Å². The molecule has 2 atom stereocenters. The van der Waals surface area contributed by atoms with Crippen LogP contribution >= 0.6 is 0 Å². The summed E-state index contributed by atoms with van der Waals surface area (Å²) >= 11 is 0. The number of aromatic nitrogens is 2. The third-order valence-electron chi connectivity index (χ3n) is 8.19. The van der Waals surface area contributed by atoms with Crippen molar-refractivity contribution in [1.82, 2.24) is 20.2 Å². The van der Waals surface area contributed by atoms with Crippen molar-refractivity contribution < 1.29 is 9.90 Å². The summed E-state index contributed by atoms with van der Waals surface area (Å²) < 4.78 is 0. The van der Waals surface area contributed by atoms with Crippen molar-refractivity contribution in [3.05, 3.63) is 36.0 Å². The number of fused-ring (bicyclic) bond motifs is 1. The SMILES string of the molecule is CN1CCN(c2ccc(Nc3ncc4c(n3)N(C3CCCC3)C(C3(O)CCC(=O)N3)C4)cc2)CC1. The van der Waals surface area contributed by atoms with Gasteiger partial charge in [0.1, 0.15) is 5.82 Å². The first-order valence-corrected chi connectivity index (χ1v) is 13.0. The third-order valence-corrected chi connectivity index (χ3v) is 8.19. The molecule has 1 aromatic heterocycles. The van der Waals surface area contributed by atoms with Crippen LogP contribution < -0.4 is 20.4 Å². The topological polar surface area (TPSA) is 96.9 Å². The first-order valence-electron chi connectivity index (χ1n) is 13.0. The van der Waals surface area contributed by atoms with E-state index < -0.39 is 5.72 Å². The molecule has 9 nitrogen and oxygen atoms in total. The molecule has 186 valence electrons. The Kier molecular flexibility index (Phi) is 5.76. The Hall–Kier alpha value is -2.91. The van der Waals surface area contributed by atoms with Crippen LogP contribution in [-0.2, 0) is 11.2 Å². The van der Waals surface area contributed by atoms with Crippen molar-refractivity contribution in [2.24, 2.45) is 0 Å². The fraction of sp³-hybridized carbons (Fsp3) is 0.577. The van der Waals surface area contributed by atoms with Crippen LogP contribution in [0.1, 0.15) is 44.1 Å². The van der Waals surface area contributed by atoms with Crippen molar-refractivity contribution in [3.63, 3.8) is 0 Å². The second kappa shape index (κ2) is 8.95. The molecule has 2 saturated heterocycles. The monoisotopic (exact) mass is 477 g/mol. The molecular weight excluding hydrogens is 442 g/mol. The number of likely N-dealkylation sites (N-methyl/N-ethyl adjacent to an activating group) is 1. The molecule has 0 bridgehead atoms. The van der Waals surface area contributed by atoms with Crippen LogP contribution in [0.15, 0.2) is 30.5 Å². The molecule has 0 radical (unpaired) electrons. The summed E-state index contributed by atoms with van der Waals surface area (Å²) in [5.41, 5.74) is 2.01. The predicted molar refractivity (Wildman–Crippen MR) is 136 cm³/mol. The molecule has 1 saturated carbocycles. The first-order chi connectivity index (χ1) is 17.0. The van der Waals surface area contributed by atoms with Gasteiger partial charge in [0.15, 0.2) is 5.72 Å². The van der Waals surface area contributed by atoms with Gasteiger partial charge in [-0.05, 0) is 44.2 Å². The molecular formula is C26H35N7O2. The molecule has 4 aliphatic rings. The highest BCUT2D eigenvalue weighted by Crippen LogP contribution is 2.42. The molecule has 1 amide bonds. The molecule has 2 aromatic rings. The third kappa shape index (κ3) is 4.31. The number of amides is 1. The van der Waals surface area contributed by atoms with E-state index in [2.05, 4.69) is 61.6 Å². The van der Waals surface area contributed by atoms with Gasteiger partial charge in [0.2, 0.25) is 11.9 Å². The van der Waals surface area contributed by atoms with Gasteiger partial charge in [-0.25, -0.2) is 4.98 Å². The minimum atomic E-state index is -1.22. The van der Waals surface area contributed by atoms with E-state index >= 15 is 0 Å². The molecule has 1 aliphatic carbocycles. The Balaban J connectivity index is 1.22. The molecule has 3 aliphatic heterocycles. The Morgan fingerprint density at radius 1 is 1.11 bits per heavy atom. The molecule has 1 aromatic carbocycles. The van der Waals surface area contributed by atoms with E-state index in [0.717, 1.165) is 56.1 Å². The smallest absolute Gasteiger partial charge is 0.229 e. The van der Waals surface area contributed by atoms with E-state index in [1.54, 1.807) is 0 Å². The highest BCUT2D eigenvalue weighted by atomic mass is 16.3. The first kappa shape index (κ1) is 22.5. The largest absolute Gasteiger partial charge is 0.369 e. The number of carbonyl (C=O) groups excluding carboxylic acids is 1. The van der Waals surface area contributed by atoms with E-state index in [1.807, 2.05) is 6.20 Å². The summed E-state index contributed by atoms with van der Waals surface area (Å²) in [4.78, 5) is 28.6. The summed E-state index contributed by atoms with van der Waals surface area (Å²) in [7, 11) is 2.17. The number of nitrogens with one attached hydrogen (secondary N) is 2. The fourth-order valence-electron chi connectivity index (χ4n) is 6.16. The number of anilines is 4. The van der Waals surface area contributed by atoms with E-state index in [4.69, 9.17) is 4.98 Å². The average molecular weight is 478 g/mol. The van der Waals surface area contributed by atoms with Crippen LogP contribution in [0, 0.1) is 0 Å². The number of aliphatic hydroxyl groups is 1. The van der Waals surface area contributed by atoms with Gasteiger partial charge in [0.25, 0.3) is 0 Å². The van der Waals surface area contributed by atoms with Gasteiger partial charge in [-0.1, -0.05) is 12.8 Å². The Morgan fingerprint density at radius 2 is 1.86 bits per heavy atom. The zero-order chi connectivity index (χ0) is 24.0. The van der Waals surface area contributed by atoms with Gasteiger partial charge in [0.05, 0.1) is 6.04 Å². The lowest BCUT2D eigenvalue weighted by atomic mass is 9.97. The highest BCUT2D eigenvalue weighted by Gasteiger charge is 2.51. The van der Waals surface area contributed by atoms with Crippen LogP contribution in [0.3, 0.4) is 0 Å². The second-order valence-corrected chi connectivity index (χ2v) is 10.5. The number of piperazine rings is 1. The lowest BCUT2D eigenvalue weighted by Crippen LogP contribution is -2.60. The maximum Gasteiger partial charge on any atom is 0.229 e. The summed E-state index contributed by atoms with van der Waals surface area (Å²) in [5.74, 6) is 1.37. The number of benzene rings is 1. The molecule has 3 N–H and O–H groups in total. The molecule has 3 fully saturated rings. The Morgan fingerprint density at radius 3 is 2.54 bits per heavy atom. The molecule has 9 heteroatoms. The van der Waals surface area contributed by atoms with E-state index in [9.17, 15) is 9.90 Å². The minimum absolute atomic E-state index is 0.0803. The van der Waals surface area contributed by atoms with Gasteiger partial charge < -0.3 is 30.4 Å². The lowest BCUT2D eigenvalue weighted by molar-refractivity contribution is -0.122. The Labute approximate surface area is 206 Å². The van der Waals surface area contributed by atoms with Crippen LogP contribution in [-0.4, -0.2) is 76.9 Å². The van der Waals surface area contributed by atoms with Crippen molar-refractivity contribution in [1.29, 1.82) is 0 Å². The quantitative estimate of drug-likeness (QED) is 0.604. The maximum absolute atomic E-state index is 12.0. The van der Waals surface area contributed by atoms with Crippen LogP contribution in [0.5, 0.6) is 0 Å². The van der Waals surface area contributed by atoms with Crippen molar-refractivity contribution in [3.8, 4) is 0 Å². The normalized spacial score (nSPS) is 27.4. The summed E-state index contributed by atoms with van der Waals surface area (Å²) in [6, 6.07) is 8.59. The average Bonchev–Trinajstić information content (AvgIpc) is 3.59. The van der Waals surface area contributed by atoms with Gasteiger partial charge in [-0.2, -0.15) is 4.98 Å². The summed E-state index contributed by atoms with van der Waals surface area (Å²) in [6.45, 7) is 4.25. The van der Waals surface area contributed by atoms with Gasteiger partial charge in [-0.15, -0.1) is 0 Å². The van der Waals surface area contributed by atoms with E-state index in [0.29, 0.717) is 31.3 Å². The lowest BCUT2D eigenvalue weighted by Gasteiger charge is -2.40. The number of hydrogen-bond acceptors (Lipinski definition) is 8. The zero-order valence-corrected chi connectivity index (χ0v) is 20.4. The second-order valence-electron chi connectivity index (χ2n) is 10.5. The van der Waals surface area contributed by atoms with E-state index in [1.165, 1.54) is 18.5 Å². The highest BCUT2D eigenvalue weighted by molar-refractivity contribution is 5.79. The number of nitrogens with zero attached hydrogens (tertiary/aromatic N) is 5. The Bertz CT molecular complexity index is 1080. The van der Waals surface area contributed by atoms with Crippen LogP contribution in [0.4, 0.5) is 23.1 Å². The molecule has 2 unspecified atom stereocenters. The summed E-state index contributed by atoms with van der Waals surface area (Å²) in [5, 5.41) is 17.6. The molecule has 6 rings (SSSR count). The minimum Gasteiger partial charge on any atom is -0.369 e. The zero-order valence-electron chi connectivity index (χ0n) is 20.4. The van der Waals surface area contributed by atoms with Crippen molar-refractivity contribution >= 4 is 29.0 Å². The fourth-order valence-corrected chi connectivity index (χ4v) is 6.16. The molecule has 35 heavy (non-hydrogen) atoms. The predicted octanol–water partition coefficient (Wildman–Crippen LogP) is 2.24. The number of hydrogen-bond donors (Lipinski definition) is 3. The van der Waals surface area contributed by atoms with Crippen molar-refractivity contribution in [2.45, 2.75) is 62.8 Å². The molecule has 4 heterocycles. The van der Waals surface area contributed by atoms with Crippen LogP contribution in [0.2, 0.25) is 0 Å². The maximum atomic E-state index is 12.0. The van der Waals surface area contributed by atoms with E-state index in [-0.39, 0.29) is 11.9 Å². The number of rotatable bonds is 5. The standard InChI is InChI=1S/C26H35N7O2/c1-31-12-14-32(15-13-31)20-8-6-19(7-9-20)28-25-27-17-18-16-22(26(35)11-10-23(34)30-26)33(24(18)29-25)21-4-2-3-5-21/h6-9,17,21-22,35H,2-5,10-16H2,1H3,(H,30,34)(H,27,28,29).